The Balaban J connectivity index is 1.73. The summed E-state index contributed by atoms with van der Waals surface area (Å²) in [5.74, 6) is -1.08. The number of carbonyl (C=O) groups is 2. The molecule has 1 atom stereocenters. The van der Waals surface area contributed by atoms with Crippen LogP contribution in [0.15, 0.2) is 77.7 Å². The van der Waals surface area contributed by atoms with Gasteiger partial charge in [0.05, 0.1) is 22.9 Å². The highest BCUT2D eigenvalue weighted by Gasteiger charge is 2.39. The van der Waals surface area contributed by atoms with Crippen molar-refractivity contribution in [2.45, 2.75) is 17.9 Å². The molecule has 0 bridgehead atoms. The Morgan fingerprint density at radius 3 is 2.16 bits per heavy atom. The Hall–Kier alpha value is -3.51. The molecule has 32 heavy (non-hydrogen) atoms. The molecule has 0 saturated heterocycles. The van der Waals surface area contributed by atoms with E-state index in [1.807, 2.05) is 43.5 Å². The largest absolute Gasteiger partial charge is 0.269 e. The van der Waals surface area contributed by atoms with Gasteiger partial charge in [0, 0.05) is 21.4 Å². The smallest absolute Gasteiger partial charge is 0.262 e. The molecule has 1 aliphatic heterocycles. The fraction of sp³-hybridized carbons (Fsp3) is 0.115. The molecule has 1 aliphatic rings. The molecule has 2 heterocycles. The molecule has 3 aromatic carbocycles. The summed E-state index contributed by atoms with van der Waals surface area (Å²) in [5.41, 5.74) is 3.15. The molecule has 6 heteroatoms. The second-order valence-electron chi connectivity index (χ2n) is 7.64. The Morgan fingerprint density at radius 1 is 0.875 bits per heavy atom. The van der Waals surface area contributed by atoms with Crippen LogP contribution >= 0.6 is 11.8 Å². The minimum Gasteiger partial charge on any atom is -0.269 e. The lowest BCUT2D eigenvalue weighted by molar-refractivity contribution is 0.0595. The van der Waals surface area contributed by atoms with Crippen molar-refractivity contribution in [1.82, 2.24) is 9.88 Å². The summed E-state index contributed by atoms with van der Waals surface area (Å²) in [5, 5.41) is 0.619. The monoisotopic (exact) mass is 442 g/mol. The average Bonchev–Trinajstić information content (AvgIpc) is 3.08. The molecule has 0 radical (unpaired) electrons. The van der Waals surface area contributed by atoms with E-state index in [1.54, 1.807) is 48.2 Å². The van der Waals surface area contributed by atoms with Crippen molar-refractivity contribution in [1.29, 1.82) is 0 Å². The summed E-state index contributed by atoms with van der Waals surface area (Å²) in [6.45, 7) is 1.81. The van der Waals surface area contributed by atoms with Gasteiger partial charge in [0.2, 0.25) is 0 Å². The zero-order chi connectivity index (χ0) is 22.4. The summed E-state index contributed by atoms with van der Waals surface area (Å²) in [6, 6.07) is 20.6. The van der Waals surface area contributed by atoms with Crippen LogP contribution in [0.25, 0.3) is 22.2 Å². The molecule has 0 N–H and O–H groups in total. The summed E-state index contributed by atoms with van der Waals surface area (Å²) >= 11 is 1.56. The molecule has 4 nitrogen and oxygen atoms in total. The highest BCUT2D eigenvalue weighted by atomic mass is 32.2. The van der Waals surface area contributed by atoms with Gasteiger partial charge < -0.3 is 0 Å². The van der Waals surface area contributed by atoms with Crippen LogP contribution in [-0.2, 0) is 0 Å². The Labute approximate surface area is 189 Å². The first-order valence-electron chi connectivity index (χ1n) is 10.2. The number of fused-ring (bicyclic) bond motifs is 2. The molecule has 4 aromatic rings. The summed E-state index contributed by atoms with van der Waals surface area (Å²) < 4.78 is 14.6. The molecule has 1 aromatic heterocycles. The first-order valence-corrected chi connectivity index (χ1v) is 11.4. The maximum atomic E-state index is 14.6. The Bertz CT molecular complexity index is 1370. The van der Waals surface area contributed by atoms with Crippen molar-refractivity contribution < 1.29 is 14.0 Å². The third kappa shape index (κ3) is 3.10. The van der Waals surface area contributed by atoms with Crippen LogP contribution in [-0.4, -0.2) is 28.0 Å². The molecular formula is C26H19FN2O2S. The van der Waals surface area contributed by atoms with Gasteiger partial charge in [0.25, 0.3) is 11.8 Å². The van der Waals surface area contributed by atoms with Gasteiger partial charge in [0.1, 0.15) is 11.3 Å². The van der Waals surface area contributed by atoms with E-state index >= 15 is 0 Å². The van der Waals surface area contributed by atoms with Crippen molar-refractivity contribution in [2.75, 3.05) is 6.26 Å². The van der Waals surface area contributed by atoms with Crippen molar-refractivity contribution in [3.8, 4) is 11.3 Å². The molecule has 5 rings (SSSR count). The number of nitrogens with zero attached hydrogens (tertiary/aromatic N) is 2. The predicted octanol–water partition coefficient (Wildman–Crippen LogP) is 6.12. The van der Waals surface area contributed by atoms with Gasteiger partial charge in [-0.25, -0.2) is 9.37 Å². The molecule has 0 saturated carbocycles. The molecule has 0 spiro atoms. The van der Waals surface area contributed by atoms with Crippen LogP contribution in [0.2, 0.25) is 0 Å². The lowest BCUT2D eigenvalue weighted by Gasteiger charge is -2.25. The summed E-state index contributed by atoms with van der Waals surface area (Å²) in [4.78, 5) is 33.2. The number of imide groups is 1. The third-order valence-corrected chi connectivity index (χ3v) is 6.65. The Kier molecular flexibility index (Phi) is 5.02. The average molecular weight is 443 g/mol. The predicted molar refractivity (Wildman–Crippen MR) is 124 cm³/mol. The topological polar surface area (TPSA) is 50.3 Å². The number of hydrogen-bond donors (Lipinski definition) is 0. The van der Waals surface area contributed by atoms with E-state index in [4.69, 9.17) is 4.98 Å². The number of carbonyl (C=O) groups excluding carboxylic acids is 2. The quantitative estimate of drug-likeness (QED) is 0.282. The van der Waals surface area contributed by atoms with E-state index in [1.165, 1.54) is 11.0 Å². The summed E-state index contributed by atoms with van der Waals surface area (Å²) in [7, 11) is 0. The van der Waals surface area contributed by atoms with Gasteiger partial charge in [-0.2, -0.15) is 0 Å². The first kappa shape index (κ1) is 20.4. The second kappa shape index (κ2) is 7.88. The fourth-order valence-corrected chi connectivity index (χ4v) is 4.85. The van der Waals surface area contributed by atoms with E-state index in [2.05, 4.69) is 0 Å². The minimum absolute atomic E-state index is 0.261. The number of rotatable bonds is 4. The molecule has 0 aliphatic carbocycles. The number of pyridine rings is 1. The van der Waals surface area contributed by atoms with Crippen molar-refractivity contribution in [2.24, 2.45) is 0 Å². The molecule has 2 amide bonds. The molecule has 0 unspecified atom stereocenters. The van der Waals surface area contributed by atoms with E-state index < -0.39 is 11.9 Å². The van der Waals surface area contributed by atoms with Gasteiger partial charge in [-0.05, 0) is 43.5 Å². The van der Waals surface area contributed by atoms with Gasteiger partial charge >= 0.3 is 0 Å². The second-order valence-corrected chi connectivity index (χ2v) is 8.49. The number of aromatic nitrogens is 1. The van der Waals surface area contributed by atoms with Crippen LogP contribution < -0.4 is 0 Å². The molecule has 158 valence electrons. The van der Waals surface area contributed by atoms with Crippen LogP contribution in [0.3, 0.4) is 0 Å². The number of halogens is 1. The maximum Gasteiger partial charge on any atom is 0.262 e. The van der Waals surface area contributed by atoms with Crippen LogP contribution in [0.1, 0.15) is 39.2 Å². The SMILES string of the molecule is CSc1ccccc1-c1nc2c(F)cccc2cc1[C@H](C)N1C(=O)c2ccccc2C1=O. The van der Waals surface area contributed by atoms with Crippen LogP contribution in [0.5, 0.6) is 0 Å². The van der Waals surface area contributed by atoms with Gasteiger partial charge in [-0.15, -0.1) is 11.8 Å². The van der Waals surface area contributed by atoms with Crippen molar-refractivity contribution in [3.05, 3.63) is 95.3 Å². The fourth-order valence-electron chi connectivity index (χ4n) is 4.25. The highest BCUT2D eigenvalue weighted by molar-refractivity contribution is 7.98. The number of para-hydroxylation sites is 1. The lowest BCUT2D eigenvalue weighted by atomic mass is 9.97. The van der Waals surface area contributed by atoms with Crippen LogP contribution in [0.4, 0.5) is 4.39 Å². The van der Waals surface area contributed by atoms with E-state index in [0.717, 1.165) is 10.5 Å². The van der Waals surface area contributed by atoms with E-state index in [0.29, 0.717) is 27.8 Å². The van der Waals surface area contributed by atoms with Gasteiger partial charge in [-0.1, -0.05) is 42.5 Å². The first-order chi connectivity index (χ1) is 15.5. The standard InChI is InChI=1S/C26H19FN2O2S/c1-15(29-25(30)17-9-3-4-10-18(17)26(29)31)20-14-16-8-7-12-21(27)23(16)28-24(20)19-11-5-6-13-22(19)32-2/h3-15H,1-2H3/t15-/m0/s1. The van der Waals surface area contributed by atoms with E-state index in [-0.39, 0.29) is 17.3 Å². The third-order valence-electron chi connectivity index (χ3n) is 5.85. The number of hydrogen-bond acceptors (Lipinski definition) is 4. The molecular weight excluding hydrogens is 423 g/mol. The van der Waals surface area contributed by atoms with Crippen molar-refractivity contribution >= 4 is 34.5 Å². The molecule has 0 fully saturated rings. The number of amides is 2. The van der Waals surface area contributed by atoms with Crippen molar-refractivity contribution in [3.63, 3.8) is 0 Å². The zero-order valence-corrected chi connectivity index (χ0v) is 18.3. The maximum absolute atomic E-state index is 14.6. The van der Waals surface area contributed by atoms with Gasteiger partial charge in [-0.3, -0.25) is 14.5 Å². The number of thioether (sulfide) groups is 1. The zero-order valence-electron chi connectivity index (χ0n) is 17.5. The van der Waals surface area contributed by atoms with E-state index in [9.17, 15) is 14.0 Å². The Morgan fingerprint density at radius 2 is 1.50 bits per heavy atom. The van der Waals surface area contributed by atoms with Crippen LogP contribution in [0, 0.1) is 5.82 Å². The van der Waals surface area contributed by atoms with Gasteiger partial charge in [0.15, 0.2) is 0 Å². The lowest BCUT2D eigenvalue weighted by Crippen LogP contribution is -2.33. The number of benzene rings is 3. The normalized spacial score (nSPS) is 14.2. The summed E-state index contributed by atoms with van der Waals surface area (Å²) in [6.07, 6.45) is 1.97. The minimum atomic E-state index is -0.590. The highest BCUT2D eigenvalue weighted by Crippen LogP contribution is 2.39.